The molecule has 0 atom stereocenters. The van der Waals surface area contributed by atoms with Crippen LogP contribution < -0.4 is 10.6 Å². The number of aryl methyl sites for hydroxylation is 1. The minimum absolute atomic E-state index is 0.224. The highest BCUT2D eigenvalue weighted by atomic mass is 16.6. The second-order valence-corrected chi connectivity index (χ2v) is 6.85. The molecule has 1 saturated heterocycles. The van der Waals surface area contributed by atoms with E-state index < -0.39 is 5.60 Å². The fraction of sp³-hybridized carbons (Fsp3) is 0.588. The third-order valence-electron chi connectivity index (χ3n) is 3.78. The van der Waals surface area contributed by atoms with E-state index in [0.717, 1.165) is 43.0 Å². The van der Waals surface area contributed by atoms with E-state index in [-0.39, 0.29) is 6.09 Å². The highest BCUT2D eigenvalue weighted by molar-refractivity contribution is 5.68. The Bertz CT molecular complexity index is 537. The van der Waals surface area contributed by atoms with E-state index in [4.69, 9.17) is 10.5 Å². The lowest BCUT2D eigenvalue weighted by Crippen LogP contribution is -2.39. The van der Waals surface area contributed by atoms with Gasteiger partial charge in [0.15, 0.2) is 0 Å². The van der Waals surface area contributed by atoms with Gasteiger partial charge in [0.2, 0.25) is 0 Å². The van der Waals surface area contributed by atoms with Gasteiger partial charge in [0.05, 0.1) is 0 Å². The number of carbonyl (C=O) groups is 1. The van der Waals surface area contributed by atoms with Crippen molar-refractivity contribution < 1.29 is 9.53 Å². The van der Waals surface area contributed by atoms with E-state index in [9.17, 15) is 4.79 Å². The van der Waals surface area contributed by atoms with Crippen molar-refractivity contribution >= 4 is 17.5 Å². The molecule has 1 aromatic rings. The van der Waals surface area contributed by atoms with Gasteiger partial charge in [-0.2, -0.15) is 0 Å². The van der Waals surface area contributed by atoms with Crippen molar-refractivity contribution in [3.05, 3.63) is 23.8 Å². The van der Waals surface area contributed by atoms with E-state index in [2.05, 4.69) is 11.0 Å². The molecule has 22 heavy (non-hydrogen) atoms. The molecule has 1 aliphatic rings. The van der Waals surface area contributed by atoms with Crippen LogP contribution in [0.15, 0.2) is 18.2 Å². The number of benzene rings is 1. The Kier molecular flexibility index (Phi) is 4.84. The van der Waals surface area contributed by atoms with Crippen molar-refractivity contribution in [1.29, 1.82) is 0 Å². The van der Waals surface area contributed by atoms with Gasteiger partial charge >= 0.3 is 6.09 Å². The molecular weight excluding hydrogens is 278 g/mol. The van der Waals surface area contributed by atoms with Crippen molar-refractivity contribution in [2.75, 3.05) is 36.8 Å². The zero-order chi connectivity index (χ0) is 16.3. The number of nitrogens with zero attached hydrogens (tertiary/aromatic N) is 2. The van der Waals surface area contributed by atoms with Crippen molar-refractivity contribution in [3.8, 4) is 0 Å². The zero-order valence-electron chi connectivity index (χ0n) is 14.1. The molecular formula is C17H27N3O2. The average Bonchev–Trinajstić information content (AvgIpc) is 2.66. The third-order valence-corrected chi connectivity index (χ3v) is 3.78. The van der Waals surface area contributed by atoms with E-state index in [0.29, 0.717) is 6.54 Å². The number of ether oxygens (including phenoxy) is 1. The van der Waals surface area contributed by atoms with Gasteiger partial charge in [-0.15, -0.1) is 0 Å². The lowest BCUT2D eigenvalue weighted by Gasteiger charge is -2.27. The van der Waals surface area contributed by atoms with Gasteiger partial charge in [0.1, 0.15) is 5.60 Å². The van der Waals surface area contributed by atoms with E-state index >= 15 is 0 Å². The molecule has 0 aromatic heterocycles. The number of nitrogen functional groups attached to an aromatic ring is 1. The van der Waals surface area contributed by atoms with Crippen molar-refractivity contribution in [1.82, 2.24) is 4.90 Å². The maximum Gasteiger partial charge on any atom is 0.410 e. The number of anilines is 2. The third kappa shape index (κ3) is 4.29. The van der Waals surface area contributed by atoms with Crippen LogP contribution in [0, 0.1) is 6.92 Å². The Morgan fingerprint density at radius 1 is 1.18 bits per heavy atom. The first-order valence-corrected chi connectivity index (χ1v) is 7.85. The van der Waals surface area contributed by atoms with Crippen LogP contribution in [0.4, 0.5) is 16.2 Å². The zero-order valence-corrected chi connectivity index (χ0v) is 14.1. The molecule has 0 unspecified atom stereocenters. The molecule has 1 heterocycles. The SMILES string of the molecule is Cc1ccc(N2CCCN(C(=O)OC(C)(C)C)CC2)cc1N. The predicted molar refractivity (Wildman–Crippen MR) is 90.2 cm³/mol. The fourth-order valence-electron chi connectivity index (χ4n) is 2.51. The van der Waals surface area contributed by atoms with Crippen LogP contribution in [-0.2, 0) is 4.74 Å². The summed E-state index contributed by atoms with van der Waals surface area (Å²) < 4.78 is 5.46. The van der Waals surface area contributed by atoms with Gasteiger partial charge in [0.25, 0.3) is 0 Å². The summed E-state index contributed by atoms with van der Waals surface area (Å²) in [5, 5.41) is 0. The first-order valence-electron chi connectivity index (χ1n) is 7.85. The largest absolute Gasteiger partial charge is 0.444 e. The Hall–Kier alpha value is -1.91. The van der Waals surface area contributed by atoms with Crippen molar-refractivity contribution in [2.45, 2.75) is 39.7 Å². The normalized spacial score (nSPS) is 16.4. The van der Waals surface area contributed by atoms with E-state index in [1.54, 1.807) is 4.90 Å². The maximum absolute atomic E-state index is 12.2. The van der Waals surface area contributed by atoms with Gasteiger partial charge in [-0.25, -0.2) is 4.79 Å². The Morgan fingerprint density at radius 3 is 2.55 bits per heavy atom. The van der Waals surface area contributed by atoms with Crippen LogP contribution in [0.2, 0.25) is 0 Å². The predicted octanol–water partition coefficient (Wildman–Crippen LogP) is 3.02. The summed E-state index contributed by atoms with van der Waals surface area (Å²) in [6, 6.07) is 6.15. The Morgan fingerprint density at radius 2 is 1.91 bits per heavy atom. The van der Waals surface area contributed by atoms with Crippen LogP contribution >= 0.6 is 0 Å². The smallest absolute Gasteiger partial charge is 0.410 e. The number of hydrogen-bond acceptors (Lipinski definition) is 4. The minimum Gasteiger partial charge on any atom is -0.444 e. The van der Waals surface area contributed by atoms with Crippen LogP contribution in [0.5, 0.6) is 0 Å². The number of carbonyl (C=O) groups excluding carboxylic acids is 1. The summed E-state index contributed by atoms with van der Waals surface area (Å²) in [7, 11) is 0. The maximum atomic E-state index is 12.2. The van der Waals surface area contributed by atoms with Gasteiger partial charge in [-0.05, 0) is 51.8 Å². The molecule has 2 N–H and O–H groups in total. The fourth-order valence-corrected chi connectivity index (χ4v) is 2.51. The van der Waals surface area contributed by atoms with Crippen molar-refractivity contribution in [2.24, 2.45) is 0 Å². The monoisotopic (exact) mass is 305 g/mol. The summed E-state index contributed by atoms with van der Waals surface area (Å²) in [5.41, 5.74) is 8.57. The minimum atomic E-state index is -0.450. The second kappa shape index (κ2) is 6.46. The molecule has 0 bridgehead atoms. The molecule has 1 aliphatic heterocycles. The highest BCUT2D eigenvalue weighted by Gasteiger charge is 2.24. The molecule has 122 valence electrons. The molecule has 0 radical (unpaired) electrons. The standard InChI is InChI=1S/C17H27N3O2/c1-13-6-7-14(12-15(13)18)19-8-5-9-20(11-10-19)16(21)22-17(2,3)4/h6-7,12H,5,8-11,18H2,1-4H3. The molecule has 5 nitrogen and oxygen atoms in total. The molecule has 1 amide bonds. The molecule has 0 spiro atoms. The van der Waals surface area contributed by atoms with Crippen LogP contribution in [-0.4, -0.2) is 42.8 Å². The van der Waals surface area contributed by atoms with Crippen molar-refractivity contribution in [3.63, 3.8) is 0 Å². The Labute approximate surface area is 133 Å². The average molecular weight is 305 g/mol. The van der Waals surface area contributed by atoms with Crippen LogP contribution in [0.25, 0.3) is 0 Å². The summed E-state index contributed by atoms with van der Waals surface area (Å²) in [5.74, 6) is 0. The van der Waals surface area contributed by atoms with Gasteiger partial charge in [-0.1, -0.05) is 6.07 Å². The first-order chi connectivity index (χ1) is 10.3. The molecule has 5 heteroatoms. The van der Waals surface area contributed by atoms with E-state index in [1.165, 1.54) is 0 Å². The Balaban J connectivity index is 2.00. The first kappa shape index (κ1) is 16.5. The summed E-state index contributed by atoms with van der Waals surface area (Å²) in [6.45, 7) is 10.8. The highest BCUT2D eigenvalue weighted by Crippen LogP contribution is 2.22. The lowest BCUT2D eigenvalue weighted by atomic mass is 10.1. The number of rotatable bonds is 1. The lowest BCUT2D eigenvalue weighted by molar-refractivity contribution is 0.0263. The van der Waals surface area contributed by atoms with Crippen LogP contribution in [0.1, 0.15) is 32.8 Å². The summed E-state index contributed by atoms with van der Waals surface area (Å²) in [6.07, 6.45) is 0.699. The second-order valence-electron chi connectivity index (χ2n) is 6.85. The molecule has 1 fully saturated rings. The number of nitrogens with two attached hydrogens (primary N) is 1. The van der Waals surface area contributed by atoms with Gasteiger partial charge < -0.3 is 20.3 Å². The molecule has 0 aliphatic carbocycles. The number of amides is 1. The molecule has 1 aromatic carbocycles. The van der Waals surface area contributed by atoms with Crippen LogP contribution in [0.3, 0.4) is 0 Å². The topological polar surface area (TPSA) is 58.8 Å². The summed E-state index contributed by atoms with van der Waals surface area (Å²) in [4.78, 5) is 16.2. The molecule has 2 rings (SSSR count). The number of hydrogen-bond donors (Lipinski definition) is 1. The molecule has 0 saturated carbocycles. The van der Waals surface area contributed by atoms with E-state index in [1.807, 2.05) is 39.8 Å². The van der Waals surface area contributed by atoms with Gasteiger partial charge in [0, 0.05) is 37.6 Å². The quantitative estimate of drug-likeness (QED) is 0.810. The van der Waals surface area contributed by atoms with Gasteiger partial charge in [-0.3, -0.25) is 0 Å². The summed E-state index contributed by atoms with van der Waals surface area (Å²) >= 11 is 0.